The maximum absolute atomic E-state index is 13.6. The number of amides is 3. The number of esters is 1. The summed E-state index contributed by atoms with van der Waals surface area (Å²) in [6.07, 6.45) is 2.13. The van der Waals surface area contributed by atoms with E-state index >= 15 is 0 Å². The number of carbonyl (C=O) groups is 4. The first-order valence-corrected chi connectivity index (χ1v) is 18.8. The normalized spacial score (nSPS) is 12.7. The van der Waals surface area contributed by atoms with Gasteiger partial charge in [-0.2, -0.15) is 0 Å². The van der Waals surface area contributed by atoms with Crippen LogP contribution in [0.1, 0.15) is 42.3 Å². The number of thioether (sulfide) groups is 1. The molecule has 4 N–H and O–H groups in total. The van der Waals surface area contributed by atoms with E-state index < -0.39 is 17.8 Å². The van der Waals surface area contributed by atoms with Gasteiger partial charge in [-0.1, -0.05) is 54.6 Å². The molecule has 5 aromatic rings. The molecule has 11 nitrogen and oxygen atoms in total. The fourth-order valence-electron chi connectivity index (χ4n) is 5.93. The van der Waals surface area contributed by atoms with Gasteiger partial charge in [-0.05, 0) is 66.1 Å². The Balaban J connectivity index is 1.13. The number of ether oxygens (including phenoxy) is 2. The van der Waals surface area contributed by atoms with Crippen LogP contribution in [-0.4, -0.2) is 60.2 Å². The average Bonchev–Trinajstić information content (AvgIpc) is 3.54. The smallest absolute Gasteiger partial charge is 0.341 e. The SMILES string of the molecule is COC(=O)c1c(NC(=O)CSc2cccc(NC(=O)/C(=C\c3ccc(O)cc3OC)NC(=O)c3ccccc3)c2)sc2c1CCN(Cc1ccccc1)C2. The Kier molecular flexibility index (Phi) is 12.4. The van der Waals surface area contributed by atoms with Gasteiger partial charge in [0, 0.05) is 52.3 Å². The van der Waals surface area contributed by atoms with Crippen molar-refractivity contribution in [2.24, 2.45) is 0 Å². The van der Waals surface area contributed by atoms with Crippen LogP contribution < -0.4 is 20.7 Å². The van der Waals surface area contributed by atoms with Crippen LogP contribution in [0.5, 0.6) is 11.5 Å². The summed E-state index contributed by atoms with van der Waals surface area (Å²) in [5, 5.41) is 18.9. The van der Waals surface area contributed by atoms with Crippen LogP contribution in [0.2, 0.25) is 0 Å². The number of hydrogen-bond acceptors (Lipinski definition) is 10. The quantitative estimate of drug-likeness (QED) is 0.0569. The third kappa shape index (κ3) is 9.55. The third-order valence-corrected chi connectivity index (χ3v) is 10.7. The predicted octanol–water partition coefficient (Wildman–Crippen LogP) is 6.95. The molecule has 0 unspecified atom stereocenters. The fraction of sp³-hybridized carbons (Fsp3) is 0.171. The summed E-state index contributed by atoms with van der Waals surface area (Å²) in [4.78, 5) is 56.9. The minimum absolute atomic E-state index is 0.0180. The van der Waals surface area contributed by atoms with Gasteiger partial charge in [0.05, 0.1) is 25.5 Å². The van der Waals surface area contributed by atoms with Crippen molar-refractivity contribution in [3.63, 3.8) is 0 Å². The molecule has 0 bridgehead atoms. The summed E-state index contributed by atoms with van der Waals surface area (Å²) in [5.41, 5.74) is 3.72. The van der Waals surface area contributed by atoms with E-state index in [0.717, 1.165) is 23.5 Å². The number of fused-ring (bicyclic) bond motifs is 1. The molecule has 2 heterocycles. The molecule has 3 amide bonds. The van der Waals surface area contributed by atoms with Crippen molar-refractivity contribution in [1.82, 2.24) is 10.2 Å². The number of carbonyl (C=O) groups excluding carboxylic acids is 4. The molecule has 0 atom stereocenters. The fourth-order valence-corrected chi connectivity index (χ4v) is 7.98. The highest BCUT2D eigenvalue weighted by atomic mass is 32.2. The van der Waals surface area contributed by atoms with E-state index in [-0.39, 0.29) is 23.1 Å². The maximum Gasteiger partial charge on any atom is 0.341 e. The van der Waals surface area contributed by atoms with Crippen LogP contribution in [-0.2, 0) is 33.8 Å². The number of phenols is 1. The summed E-state index contributed by atoms with van der Waals surface area (Å²) in [7, 11) is 2.77. The second-order valence-corrected chi connectivity index (χ2v) is 14.4. The molecule has 0 aliphatic carbocycles. The zero-order chi connectivity index (χ0) is 38.0. The lowest BCUT2D eigenvalue weighted by atomic mass is 10.0. The Bertz CT molecular complexity index is 2190. The lowest BCUT2D eigenvalue weighted by Crippen LogP contribution is -2.30. The second kappa shape index (κ2) is 17.8. The van der Waals surface area contributed by atoms with Gasteiger partial charge in [-0.25, -0.2) is 4.79 Å². The highest BCUT2D eigenvalue weighted by molar-refractivity contribution is 8.00. The first-order valence-electron chi connectivity index (χ1n) is 17.0. The first kappa shape index (κ1) is 37.9. The Morgan fingerprint density at radius 2 is 1.67 bits per heavy atom. The van der Waals surface area contributed by atoms with Crippen molar-refractivity contribution in [2.45, 2.75) is 24.4 Å². The number of nitrogens with one attached hydrogen (secondary N) is 3. The van der Waals surface area contributed by atoms with Crippen molar-refractivity contribution in [3.05, 3.63) is 142 Å². The van der Waals surface area contributed by atoms with Gasteiger partial charge in [0.15, 0.2) is 0 Å². The largest absolute Gasteiger partial charge is 0.508 e. The van der Waals surface area contributed by atoms with Crippen LogP contribution in [0.25, 0.3) is 6.08 Å². The molecule has 54 heavy (non-hydrogen) atoms. The van der Waals surface area contributed by atoms with Crippen molar-refractivity contribution >= 4 is 63.6 Å². The molecule has 0 spiro atoms. The third-order valence-electron chi connectivity index (χ3n) is 8.53. The number of aromatic hydroxyl groups is 1. The molecule has 276 valence electrons. The minimum atomic E-state index is -0.603. The number of nitrogens with zero attached hydrogens (tertiary/aromatic N) is 1. The van der Waals surface area contributed by atoms with Crippen LogP contribution in [0, 0.1) is 0 Å². The van der Waals surface area contributed by atoms with Gasteiger partial charge in [0.2, 0.25) is 5.91 Å². The monoisotopic (exact) mass is 762 g/mol. The zero-order valence-electron chi connectivity index (χ0n) is 29.6. The molecule has 0 saturated carbocycles. The Hall–Kier alpha value is -5.89. The van der Waals surface area contributed by atoms with E-state index in [1.54, 1.807) is 54.6 Å². The Labute approximate surface area is 321 Å². The number of thiophene rings is 1. The number of hydrogen-bond donors (Lipinski definition) is 4. The predicted molar refractivity (Wildman–Crippen MR) is 211 cm³/mol. The highest BCUT2D eigenvalue weighted by Gasteiger charge is 2.29. The van der Waals surface area contributed by atoms with Crippen molar-refractivity contribution in [1.29, 1.82) is 0 Å². The average molecular weight is 763 g/mol. The summed E-state index contributed by atoms with van der Waals surface area (Å²) in [5.74, 6) is -1.54. The molecular formula is C41H38N4O7S2. The van der Waals surface area contributed by atoms with Gasteiger partial charge in [0.1, 0.15) is 22.2 Å². The molecule has 13 heteroatoms. The maximum atomic E-state index is 13.6. The lowest BCUT2D eigenvalue weighted by molar-refractivity contribution is -0.114. The summed E-state index contributed by atoms with van der Waals surface area (Å²) in [6.45, 7) is 2.23. The molecule has 0 radical (unpaired) electrons. The molecule has 0 saturated heterocycles. The van der Waals surface area contributed by atoms with E-state index in [2.05, 4.69) is 33.0 Å². The topological polar surface area (TPSA) is 146 Å². The van der Waals surface area contributed by atoms with Crippen molar-refractivity contribution in [2.75, 3.05) is 37.2 Å². The number of anilines is 2. The van der Waals surface area contributed by atoms with Gasteiger partial charge < -0.3 is 30.5 Å². The highest BCUT2D eigenvalue weighted by Crippen LogP contribution is 2.38. The molecule has 1 aliphatic heterocycles. The van der Waals surface area contributed by atoms with Gasteiger partial charge in [-0.3, -0.25) is 19.3 Å². The second-order valence-electron chi connectivity index (χ2n) is 12.3. The Morgan fingerprint density at radius 3 is 2.41 bits per heavy atom. The van der Waals surface area contributed by atoms with Crippen molar-refractivity contribution < 1.29 is 33.8 Å². The van der Waals surface area contributed by atoms with E-state index in [0.29, 0.717) is 51.0 Å². The molecule has 6 rings (SSSR count). The van der Waals surface area contributed by atoms with Gasteiger partial charge in [0.25, 0.3) is 11.8 Å². The van der Waals surface area contributed by atoms with E-state index in [1.807, 2.05) is 24.3 Å². The standard InChI is InChI=1S/C41H38N4O7S2/c1-51-34-22-30(46)17-16-28(34)20-33(43-38(48)27-12-7-4-8-13-27)39(49)42-29-14-9-15-31(21-29)53-25-36(47)44-40-37(41(50)52-2)32-18-19-45(24-35(32)54-40)23-26-10-5-3-6-11-26/h3-17,20-22,46H,18-19,23-25H2,1-2H3,(H,42,49)(H,43,48)(H,44,47)/b33-20+. The number of methoxy groups -OCH3 is 2. The molecule has 1 aliphatic rings. The number of rotatable bonds is 13. The zero-order valence-corrected chi connectivity index (χ0v) is 31.2. The van der Waals surface area contributed by atoms with Crippen molar-refractivity contribution in [3.8, 4) is 11.5 Å². The summed E-state index contributed by atoms with van der Waals surface area (Å²) in [6, 6.07) is 30.1. The van der Waals surface area contributed by atoms with E-state index in [1.165, 1.54) is 61.1 Å². The van der Waals surface area contributed by atoms with Gasteiger partial charge in [-0.15, -0.1) is 23.1 Å². The molecule has 0 fully saturated rings. The molecule has 4 aromatic carbocycles. The Morgan fingerprint density at radius 1 is 0.907 bits per heavy atom. The molecular weight excluding hydrogens is 725 g/mol. The summed E-state index contributed by atoms with van der Waals surface area (Å²) >= 11 is 2.66. The lowest BCUT2D eigenvalue weighted by Gasteiger charge is -2.27. The van der Waals surface area contributed by atoms with Crippen LogP contribution in [0.15, 0.2) is 114 Å². The van der Waals surface area contributed by atoms with E-state index in [4.69, 9.17) is 9.47 Å². The summed E-state index contributed by atoms with van der Waals surface area (Å²) < 4.78 is 10.5. The van der Waals surface area contributed by atoms with E-state index in [9.17, 15) is 24.3 Å². The molecule has 1 aromatic heterocycles. The van der Waals surface area contributed by atoms with Crippen LogP contribution >= 0.6 is 23.1 Å². The van der Waals surface area contributed by atoms with Crippen LogP contribution in [0.4, 0.5) is 10.7 Å². The van der Waals surface area contributed by atoms with Gasteiger partial charge >= 0.3 is 5.97 Å². The number of phenolic OH excluding ortho intramolecular Hbond substituents is 1. The first-order chi connectivity index (χ1) is 26.2. The number of benzene rings is 4. The van der Waals surface area contributed by atoms with Crippen LogP contribution in [0.3, 0.4) is 0 Å². The minimum Gasteiger partial charge on any atom is -0.508 e.